The van der Waals surface area contributed by atoms with Crippen LogP contribution in [0.15, 0.2) is 0 Å². The monoisotopic (exact) mass is 166 g/mol. The van der Waals surface area contributed by atoms with Crippen molar-refractivity contribution >= 4 is 0 Å². The molecule has 0 aromatic carbocycles. The highest BCUT2D eigenvalue weighted by Crippen LogP contribution is 2.42. The van der Waals surface area contributed by atoms with E-state index < -0.39 is 0 Å². The second kappa shape index (κ2) is 3.81. The predicted molar refractivity (Wildman–Crippen MR) is 53.1 cm³/mol. The average molecular weight is 166 g/mol. The molecular formula is C12H22. The van der Waals surface area contributed by atoms with Gasteiger partial charge in [0, 0.05) is 0 Å². The maximum atomic E-state index is 2.48. The third kappa shape index (κ3) is 1.67. The van der Waals surface area contributed by atoms with Gasteiger partial charge in [-0.25, -0.2) is 0 Å². The molecule has 2 saturated carbocycles. The van der Waals surface area contributed by atoms with Crippen LogP contribution in [0.5, 0.6) is 0 Å². The lowest BCUT2D eigenvalue weighted by atomic mass is 9.76. The molecule has 0 nitrogen and oxygen atoms in total. The highest BCUT2D eigenvalue weighted by Gasteiger charge is 2.31. The van der Waals surface area contributed by atoms with E-state index in [4.69, 9.17) is 0 Å². The summed E-state index contributed by atoms with van der Waals surface area (Å²) in [5.74, 6) is 3.29. The van der Waals surface area contributed by atoms with Crippen LogP contribution in [-0.2, 0) is 0 Å². The lowest BCUT2D eigenvalue weighted by Gasteiger charge is -2.30. The molecule has 0 heteroatoms. The van der Waals surface area contributed by atoms with E-state index in [0.717, 1.165) is 17.8 Å². The second-order valence-electron chi connectivity index (χ2n) is 4.97. The Kier molecular flexibility index (Phi) is 2.73. The summed E-state index contributed by atoms with van der Waals surface area (Å²) in [7, 11) is 0. The molecule has 0 heterocycles. The maximum Gasteiger partial charge on any atom is -0.0360 e. The van der Waals surface area contributed by atoms with Gasteiger partial charge in [0.15, 0.2) is 0 Å². The average Bonchev–Trinajstić information content (AvgIpc) is 2.53. The number of hydrogen-bond acceptors (Lipinski definition) is 0. The van der Waals surface area contributed by atoms with Crippen molar-refractivity contribution in [1.82, 2.24) is 0 Å². The zero-order valence-electron chi connectivity index (χ0n) is 8.39. The number of hydrogen-bond donors (Lipinski definition) is 0. The normalized spacial score (nSPS) is 38.8. The summed E-state index contributed by atoms with van der Waals surface area (Å²) in [5, 5.41) is 0. The quantitative estimate of drug-likeness (QED) is 0.552. The third-order valence-corrected chi connectivity index (χ3v) is 4.18. The van der Waals surface area contributed by atoms with Crippen molar-refractivity contribution in [2.45, 2.75) is 58.3 Å². The summed E-state index contributed by atoms with van der Waals surface area (Å²) in [6, 6.07) is 0. The Balaban J connectivity index is 1.89. The van der Waals surface area contributed by atoms with Crippen LogP contribution in [-0.4, -0.2) is 0 Å². The molecule has 0 spiro atoms. The van der Waals surface area contributed by atoms with Crippen molar-refractivity contribution in [3.8, 4) is 0 Å². The van der Waals surface area contributed by atoms with Crippen molar-refractivity contribution in [3.05, 3.63) is 0 Å². The first-order valence-electron chi connectivity index (χ1n) is 5.88. The SMILES string of the molecule is CC1CCCC1C1CCCCC1. The Bertz CT molecular complexity index is 133. The second-order valence-corrected chi connectivity index (χ2v) is 4.97. The fourth-order valence-electron chi connectivity index (χ4n) is 3.44. The first-order chi connectivity index (χ1) is 5.88. The highest BCUT2D eigenvalue weighted by atomic mass is 14.4. The predicted octanol–water partition coefficient (Wildman–Crippen LogP) is 4.00. The van der Waals surface area contributed by atoms with Gasteiger partial charge >= 0.3 is 0 Å². The van der Waals surface area contributed by atoms with Gasteiger partial charge in [-0.1, -0.05) is 51.9 Å². The molecule has 0 aromatic heterocycles. The van der Waals surface area contributed by atoms with Gasteiger partial charge in [0.1, 0.15) is 0 Å². The largest absolute Gasteiger partial charge is 0.0622 e. The first kappa shape index (κ1) is 8.59. The van der Waals surface area contributed by atoms with Gasteiger partial charge in [0.25, 0.3) is 0 Å². The molecule has 2 atom stereocenters. The molecular weight excluding hydrogens is 144 g/mol. The standard InChI is InChI=1S/C12H22/c1-10-6-5-9-12(10)11-7-3-2-4-8-11/h10-12H,2-9H2,1H3. The van der Waals surface area contributed by atoms with Crippen molar-refractivity contribution in [2.75, 3.05) is 0 Å². The van der Waals surface area contributed by atoms with E-state index in [-0.39, 0.29) is 0 Å². The fourth-order valence-corrected chi connectivity index (χ4v) is 3.44. The van der Waals surface area contributed by atoms with Gasteiger partial charge in [0.05, 0.1) is 0 Å². The molecule has 2 aliphatic rings. The topological polar surface area (TPSA) is 0 Å². The summed E-state index contributed by atoms with van der Waals surface area (Å²) in [6.07, 6.45) is 12.2. The Labute approximate surface area is 76.7 Å². The summed E-state index contributed by atoms with van der Waals surface area (Å²) >= 11 is 0. The molecule has 12 heavy (non-hydrogen) atoms. The molecule has 2 rings (SSSR count). The molecule has 2 aliphatic carbocycles. The molecule has 70 valence electrons. The van der Waals surface area contributed by atoms with Crippen LogP contribution < -0.4 is 0 Å². The van der Waals surface area contributed by atoms with Crippen LogP contribution >= 0.6 is 0 Å². The minimum absolute atomic E-state index is 1.05. The lowest BCUT2D eigenvalue weighted by Crippen LogP contribution is -2.19. The fraction of sp³-hybridized carbons (Fsp3) is 1.00. The first-order valence-corrected chi connectivity index (χ1v) is 5.88. The number of rotatable bonds is 1. The highest BCUT2D eigenvalue weighted by molar-refractivity contribution is 4.82. The van der Waals surface area contributed by atoms with E-state index >= 15 is 0 Å². The lowest BCUT2D eigenvalue weighted by molar-refractivity contribution is 0.211. The van der Waals surface area contributed by atoms with Crippen LogP contribution in [0.1, 0.15) is 58.3 Å². The van der Waals surface area contributed by atoms with Gasteiger partial charge in [-0.2, -0.15) is 0 Å². The van der Waals surface area contributed by atoms with Crippen molar-refractivity contribution < 1.29 is 0 Å². The minimum Gasteiger partial charge on any atom is -0.0622 e. The van der Waals surface area contributed by atoms with E-state index in [1.54, 1.807) is 19.3 Å². The van der Waals surface area contributed by atoms with Gasteiger partial charge in [0.2, 0.25) is 0 Å². The van der Waals surface area contributed by atoms with E-state index in [1.165, 1.54) is 32.1 Å². The molecule has 0 radical (unpaired) electrons. The smallest absolute Gasteiger partial charge is 0.0360 e. The third-order valence-electron chi connectivity index (χ3n) is 4.18. The molecule has 0 aliphatic heterocycles. The molecule has 0 saturated heterocycles. The van der Waals surface area contributed by atoms with E-state index in [9.17, 15) is 0 Å². The van der Waals surface area contributed by atoms with Gasteiger partial charge in [-0.3, -0.25) is 0 Å². The summed E-state index contributed by atoms with van der Waals surface area (Å²) in [6.45, 7) is 2.48. The minimum atomic E-state index is 1.05. The Hall–Kier alpha value is 0. The Morgan fingerprint density at radius 1 is 0.750 bits per heavy atom. The maximum absolute atomic E-state index is 2.48. The Morgan fingerprint density at radius 3 is 2.08 bits per heavy atom. The summed E-state index contributed by atoms with van der Waals surface area (Å²) in [4.78, 5) is 0. The van der Waals surface area contributed by atoms with Crippen LogP contribution in [0.2, 0.25) is 0 Å². The van der Waals surface area contributed by atoms with Crippen LogP contribution in [0.4, 0.5) is 0 Å². The van der Waals surface area contributed by atoms with Crippen LogP contribution in [0.25, 0.3) is 0 Å². The molecule has 2 fully saturated rings. The molecule has 0 amide bonds. The summed E-state index contributed by atoms with van der Waals surface area (Å²) < 4.78 is 0. The van der Waals surface area contributed by atoms with Crippen LogP contribution in [0.3, 0.4) is 0 Å². The summed E-state index contributed by atoms with van der Waals surface area (Å²) in [5.41, 5.74) is 0. The zero-order chi connectivity index (χ0) is 8.39. The molecule has 0 N–H and O–H groups in total. The Morgan fingerprint density at radius 2 is 1.50 bits per heavy atom. The van der Waals surface area contributed by atoms with Crippen molar-refractivity contribution in [3.63, 3.8) is 0 Å². The molecule has 2 unspecified atom stereocenters. The molecule has 0 aromatic rings. The van der Waals surface area contributed by atoms with Crippen LogP contribution in [0, 0.1) is 17.8 Å². The van der Waals surface area contributed by atoms with Gasteiger partial charge < -0.3 is 0 Å². The molecule has 0 bridgehead atoms. The van der Waals surface area contributed by atoms with E-state index in [0.29, 0.717) is 0 Å². The van der Waals surface area contributed by atoms with Crippen molar-refractivity contribution in [2.24, 2.45) is 17.8 Å². The van der Waals surface area contributed by atoms with Crippen molar-refractivity contribution in [1.29, 1.82) is 0 Å². The van der Waals surface area contributed by atoms with E-state index in [2.05, 4.69) is 6.92 Å². The van der Waals surface area contributed by atoms with Gasteiger partial charge in [-0.05, 0) is 24.2 Å². The van der Waals surface area contributed by atoms with Gasteiger partial charge in [-0.15, -0.1) is 0 Å². The van der Waals surface area contributed by atoms with E-state index in [1.807, 2.05) is 0 Å². The zero-order valence-corrected chi connectivity index (χ0v) is 8.39.